The number of benzene rings is 2. The van der Waals surface area contributed by atoms with Crippen LogP contribution in [0.5, 0.6) is 0 Å². The van der Waals surface area contributed by atoms with Crippen molar-refractivity contribution in [1.29, 1.82) is 0 Å². The summed E-state index contributed by atoms with van der Waals surface area (Å²) in [5, 5.41) is 2.90. The lowest BCUT2D eigenvalue weighted by molar-refractivity contribution is -0.123. The average molecular weight is 504 g/mol. The molecule has 4 rings (SSSR count). The van der Waals surface area contributed by atoms with Crippen molar-refractivity contribution >= 4 is 45.0 Å². The normalized spacial score (nSPS) is 19.4. The van der Waals surface area contributed by atoms with Gasteiger partial charge in [0.25, 0.3) is 0 Å². The second-order valence-corrected chi connectivity index (χ2v) is 11.6. The van der Waals surface area contributed by atoms with Crippen LogP contribution in [0.15, 0.2) is 46.2 Å². The van der Waals surface area contributed by atoms with Gasteiger partial charge in [0.15, 0.2) is 0 Å². The van der Waals surface area contributed by atoms with E-state index >= 15 is 0 Å². The molecule has 0 radical (unpaired) electrons. The van der Waals surface area contributed by atoms with Crippen LogP contribution >= 0.6 is 11.8 Å². The number of hydrogen-bond donors (Lipinski definition) is 1. The van der Waals surface area contributed by atoms with E-state index in [-0.39, 0.29) is 42.3 Å². The number of carbonyl (C=O) groups excluding carboxylic acids is 2. The molecule has 0 spiro atoms. The van der Waals surface area contributed by atoms with E-state index in [1.807, 2.05) is 39.0 Å². The molecule has 2 amide bonds. The maximum Gasteiger partial charge on any atom is 0.244 e. The Labute approximate surface area is 204 Å². The fourth-order valence-corrected chi connectivity index (χ4v) is 6.46. The van der Waals surface area contributed by atoms with Gasteiger partial charge < -0.3 is 15.0 Å². The highest BCUT2D eigenvalue weighted by atomic mass is 32.2. The van der Waals surface area contributed by atoms with Crippen molar-refractivity contribution in [1.82, 2.24) is 4.31 Å². The summed E-state index contributed by atoms with van der Waals surface area (Å²) in [7, 11) is -3.74. The van der Waals surface area contributed by atoms with Crippen molar-refractivity contribution in [2.75, 3.05) is 48.8 Å². The molecule has 2 aliphatic heterocycles. The maximum absolute atomic E-state index is 13.2. The fraction of sp³-hybridized carbons (Fsp3) is 0.417. The van der Waals surface area contributed by atoms with Crippen LogP contribution in [0.2, 0.25) is 0 Å². The topological polar surface area (TPSA) is 96.0 Å². The predicted octanol–water partition coefficient (Wildman–Crippen LogP) is 3.04. The largest absolute Gasteiger partial charge is 0.379 e. The Morgan fingerprint density at radius 2 is 1.91 bits per heavy atom. The summed E-state index contributed by atoms with van der Waals surface area (Å²) in [6.45, 7) is 6.78. The molecule has 0 aliphatic carbocycles. The van der Waals surface area contributed by atoms with E-state index in [0.717, 1.165) is 16.0 Å². The number of carbonyl (C=O) groups is 2. The highest BCUT2D eigenvalue weighted by Gasteiger charge is 2.32. The summed E-state index contributed by atoms with van der Waals surface area (Å²) in [5.41, 5.74) is 3.15. The van der Waals surface area contributed by atoms with E-state index in [4.69, 9.17) is 4.74 Å². The number of anilines is 2. The van der Waals surface area contributed by atoms with Crippen LogP contribution in [0.1, 0.15) is 18.1 Å². The van der Waals surface area contributed by atoms with Gasteiger partial charge >= 0.3 is 0 Å². The van der Waals surface area contributed by atoms with Gasteiger partial charge in [0.05, 0.1) is 23.8 Å². The SMILES string of the molecule is Cc1cccc(NC(=O)CN2C(=O)C(C)CSc3ccc(S(=O)(=O)N4CCOCC4)cc32)c1C. The van der Waals surface area contributed by atoms with E-state index in [0.29, 0.717) is 30.3 Å². The van der Waals surface area contributed by atoms with Crippen molar-refractivity contribution in [3.63, 3.8) is 0 Å². The van der Waals surface area contributed by atoms with Crippen molar-refractivity contribution < 1.29 is 22.7 Å². The molecule has 2 aromatic carbocycles. The van der Waals surface area contributed by atoms with Crippen LogP contribution in [0.3, 0.4) is 0 Å². The van der Waals surface area contributed by atoms with Crippen LogP contribution in [0.25, 0.3) is 0 Å². The molecule has 182 valence electrons. The summed E-state index contributed by atoms with van der Waals surface area (Å²) < 4.78 is 33.1. The van der Waals surface area contributed by atoms with Gasteiger partial charge in [-0.1, -0.05) is 19.1 Å². The molecule has 0 aromatic heterocycles. The molecule has 34 heavy (non-hydrogen) atoms. The molecule has 0 saturated carbocycles. The molecule has 2 aliphatic rings. The number of sulfonamides is 1. The van der Waals surface area contributed by atoms with Crippen LogP contribution < -0.4 is 10.2 Å². The summed E-state index contributed by atoms with van der Waals surface area (Å²) >= 11 is 1.49. The standard InChI is InChI=1S/C24H29N3O5S2/c1-16-5-4-6-20(18(16)3)25-23(28)14-27-21-13-19(34(30,31)26-9-11-32-12-10-26)7-8-22(21)33-15-17(2)24(27)29/h4-8,13,17H,9-12,14-15H2,1-3H3,(H,25,28). The molecular weight excluding hydrogens is 474 g/mol. The van der Waals surface area contributed by atoms with E-state index in [1.165, 1.54) is 27.0 Å². The van der Waals surface area contributed by atoms with Gasteiger partial charge in [0.1, 0.15) is 6.54 Å². The lowest BCUT2D eigenvalue weighted by Crippen LogP contribution is -2.42. The molecule has 1 N–H and O–H groups in total. The second kappa shape index (κ2) is 10.1. The van der Waals surface area contributed by atoms with Gasteiger partial charge in [-0.05, 0) is 49.2 Å². The van der Waals surface area contributed by atoms with Crippen molar-refractivity contribution in [2.24, 2.45) is 5.92 Å². The lowest BCUT2D eigenvalue weighted by Gasteiger charge is -2.27. The van der Waals surface area contributed by atoms with Gasteiger partial charge in [-0.3, -0.25) is 9.59 Å². The monoisotopic (exact) mass is 503 g/mol. The van der Waals surface area contributed by atoms with E-state index in [1.54, 1.807) is 12.1 Å². The third kappa shape index (κ3) is 5.00. The molecule has 1 fully saturated rings. The van der Waals surface area contributed by atoms with Gasteiger partial charge in [-0.2, -0.15) is 4.31 Å². The quantitative estimate of drug-likeness (QED) is 0.674. The number of aryl methyl sites for hydroxylation is 1. The number of ether oxygens (including phenoxy) is 1. The van der Waals surface area contributed by atoms with E-state index in [9.17, 15) is 18.0 Å². The zero-order valence-corrected chi connectivity index (χ0v) is 21.2. The highest BCUT2D eigenvalue weighted by molar-refractivity contribution is 7.99. The molecule has 1 saturated heterocycles. The highest BCUT2D eigenvalue weighted by Crippen LogP contribution is 2.38. The minimum Gasteiger partial charge on any atom is -0.379 e. The molecule has 1 unspecified atom stereocenters. The number of nitrogens with one attached hydrogen (secondary N) is 1. The molecule has 8 nitrogen and oxygen atoms in total. The predicted molar refractivity (Wildman–Crippen MR) is 133 cm³/mol. The number of thioether (sulfide) groups is 1. The zero-order chi connectivity index (χ0) is 24.5. The van der Waals surface area contributed by atoms with Crippen molar-refractivity contribution in [2.45, 2.75) is 30.6 Å². The first kappa shape index (κ1) is 24.7. The molecule has 0 bridgehead atoms. The Bertz CT molecular complexity index is 1210. The fourth-order valence-electron chi connectivity index (χ4n) is 3.98. The van der Waals surface area contributed by atoms with Crippen molar-refractivity contribution in [3.05, 3.63) is 47.5 Å². The third-order valence-electron chi connectivity index (χ3n) is 6.19. The Morgan fingerprint density at radius 3 is 2.65 bits per heavy atom. The number of rotatable bonds is 5. The number of fused-ring (bicyclic) bond motifs is 1. The molecule has 2 aromatic rings. The Balaban J connectivity index is 1.66. The van der Waals surface area contributed by atoms with Crippen LogP contribution in [0.4, 0.5) is 11.4 Å². The number of amides is 2. The van der Waals surface area contributed by atoms with Gasteiger partial charge in [-0.15, -0.1) is 11.8 Å². The zero-order valence-electron chi connectivity index (χ0n) is 19.5. The average Bonchev–Trinajstić information content (AvgIpc) is 2.94. The molecular formula is C24H29N3O5S2. The minimum absolute atomic E-state index is 0.107. The molecule has 1 atom stereocenters. The molecule has 10 heteroatoms. The first-order valence-corrected chi connectivity index (χ1v) is 13.6. The summed E-state index contributed by atoms with van der Waals surface area (Å²) in [5.74, 6) is -0.307. The number of morpholine rings is 1. The van der Waals surface area contributed by atoms with Crippen LogP contribution in [-0.2, 0) is 24.3 Å². The summed E-state index contributed by atoms with van der Waals surface area (Å²) in [6, 6.07) is 10.5. The smallest absolute Gasteiger partial charge is 0.244 e. The summed E-state index contributed by atoms with van der Waals surface area (Å²) in [6.07, 6.45) is 0. The van der Waals surface area contributed by atoms with Gasteiger partial charge in [-0.25, -0.2) is 8.42 Å². The third-order valence-corrected chi connectivity index (χ3v) is 9.40. The summed E-state index contributed by atoms with van der Waals surface area (Å²) in [4.78, 5) is 28.5. The van der Waals surface area contributed by atoms with Gasteiger partial charge in [0.2, 0.25) is 21.8 Å². The van der Waals surface area contributed by atoms with Crippen molar-refractivity contribution in [3.8, 4) is 0 Å². The Kier molecular flexibility index (Phi) is 7.32. The second-order valence-electron chi connectivity index (χ2n) is 8.58. The number of hydrogen-bond acceptors (Lipinski definition) is 6. The minimum atomic E-state index is -3.74. The first-order valence-electron chi connectivity index (χ1n) is 11.2. The molecule has 2 heterocycles. The Morgan fingerprint density at radius 1 is 1.18 bits per heavy atom. The van der Waals surface area contributed by atoms with Crippen LogP contribution in [-0.4, -0.2) is 63.1 Å². The van der Waals surface area contributed by atoms with E-state index in [2.05, 4.69) is 5.32 Å². The maximum atomic E-state index is 13.2. The first-order chi connectivity index (χ1) is 16.2. The van der Waals surface area contributed by atoms with E-state index < -0.39 is 10.0 Å². The number of nitrogens with zero attached hydrogens (tertiary/aromatic N) is 2. The van der Waals surface area contributed by atoms with Crippen LogP contribution in [0, 0.1) is 19.8 Å². The Hall–Kier alpha value is -2.40. The lowest BCUT2D eigenvalue weighted by atomic mass is 10.1. The van der Waals surface area contributed by atoms with Gasteiger partial charge in [0, 0.05) is 35.3 Å².